The first kappa shape index (κ1) is 22.1. The normalized spacial score (nSPS) is 15.6. The summed E-state index contributed by atoms with van der Waals surface area (Å²) in [6.45, 7) is 0.371. The lowest BCUT2D eigenvalue weighted by molar-refractivity contribution is -0.274. The molecule has 3 aromatic rings. The molecule has 1 amide bonds. The summed E-state index contributed by atoms with van der Waals surface area (Å²) in [6, 6.07) is 16.3. The van der Waals surface area contributed by atoms with Crippen molar-refractivity contribution < 1.29 is 32.2 Å². The number of benzene rings is 3. The SMILES string of the molecule is NCc1cccc(-c2cc(NC(=O)C3(c4ccc5c(c4)OCO5)CC3)ccc2OC(F)(F)F)c1. The van der Waals surface area contributed by atoms with Gasteiger partial charge in [0.25, 0.3) is 0 Å². The second-order valence-electron chi connectivity index (χ2n) is 8.27. The number of hydrogen-bond donors (Lipinski definition) is 2. The third-order valence-corrected chi connectivity index (χ3v) is 6.05. The second-order valence-corrected chi connectivity index (χ2v) is 8.27. The van der Waals surface area contributed by atoms with Crippen LogP contribution in [0.15, 0.2) is 60.7 Å². The van der Waals surface area contributed by atoms with Crippen LogP contribution < -0.4 is 25.3 Å². The van der Waals surface area contributed by atoms with Crippen LogP contribution in [0.3, 0.4) is 0 Å². The molecule has 1 aliphatic carbocycles. The average Bonchev–Trinajstić information content (AvgIpc) is 3.50. The van der Waals surface area contributed by atoms with E-state index in [-0.39, 0.29) is 30.6 Å². The van der Waals surface area contributed by atoms with E-state index in [1.54, 1.807) is 36.4 Å². The van der Waals surface area contributed by atoms with Crippen molar-refractivity contribution >= 4 is 11.6 Å². The molecule has 34 heavy (non-hydrogen) atoms. The van der Waals surface area contributed by atoms with Crippen LogP contribution in [0.5, 0.6) is 17.2 Å². The van der Waals surface area contributed by atoms with E-state index in [9.17, 15) is 18.0 Å². The van der Waals surface area contributed by atoms with Crippen molar-refractivity contribution in [3.05, 3.63) is 71.8 Å². The Morgan fingerprint density at radius 3 is 2.56 bits per heavy atom. The predicted octanol–water partition coefficient (Wildman–Crippen LogP) is 5.11. The van der Waals surface area contributed by atoms with Crippen LogP contribution in [0.25, 0.3) is 11.1 Å². The van der Waals surface area contributed by atoms with Crippen molar-refractivity contribution in [3.63, 3.8) is 0 Å². The number of hydrogen-bond acceptors (Lipinski definition) is 5. The van der Waals surface area contributed by atoms with Crippen LogP contribution in [0, 0.1) is 0 Å². The third kappa shape index (κ3) is 4.26. The molecule has 5 rings (SSSR count). The summed E-state index contributed by atoms with van der Waals surface area (Å²) >= 11 is 0. The Morgan fingerprint density at radius 1 is 1.03 bits per heavy atom. The van der Waals surface area contributed by atoms with Crippen molar-refractivity contribution in [3.8, 4) is 28.4 Å². The van der Waals surface area contributed by atoms with Gasteiger partial charge in [0, 0.05) is 17.8 Å². The number of fused-ring (bicyclic) bond motifs is 1. The summed E-state index contributed by atoms with van der Waals surface area (Å²) < 4.78 is 54.0. The van der Waals surface area contributed by atoms with E-state index in [1.807, 2.05) is 6.07 Å². The smallest absolute Gasteiger partial charge is 0.454 e. The molecular weight excluding hydrogens is 449 g/mol. The number of ether oxygens (including phenoxy) is 3. The number of nitrogens with one attached hydrogen (secondary N) is 1. The van der Waals surface area contributed by atoms with Crippen molar-refractivity contribution in [2.75, 3.05) is 12.1 Å². The van der Waals surface area contributed by atoms with Crippen LogP contribution in [-0.2, 0) is 16.8 Å². The molecule has 0 aromatic heterocycles. The highest BCUT2D eigenvalue weighted by Crippen LogP contribution is 2.51. The highest BCUT2D eigenvalue weighted by Gasteiger charge is 2.51. The van der Waals surface area contributed by atoms with Gasteiger partial charge in [0.2, 0.25) is 12.7 Å². The molecule has 1 saturated carbocycles. The molecule has 0 saturated heterocycles. The van der Waals surface area contributed by atoms with Gasteiger partial charge in [-0.15, -0.1) is 13.2 Å². The molecular formula is C25H21F3N2O4. The van der Waals surface area contributed by atoms with Gasteiger partial charge in [0.1, 0.15) is 5.75 Å². The first-order valence-corrected chi connectivity index (χ1v) is 10.7. The largest absolute Gasteiger partial charge is 0.573 e. The number of carbonyl (C=O) groups excluding carboxylic acids is 1. The van der Waals surface area contributed by atoms with Crippen molar-refractivity contribution in [1.29, 1.82) is 0 Å². The number of nitrogens with two attached hydrogens (primary N) is 1. The summed E-state index contributed by atoms with van der Waals surface area (Å²) in [5.41, 5.74) is 7.58. The fraction of sp³-hybridized carbons (Fsp3) is 0.240. The Labute approximate surface area is 193 Å². The lowest BCUT2D eigenvalue weighted by atomic mass is 9.94. The van der Waals surface area contributed by atoms with Gasteiger partial charge in [-0.05, 0) is 65.9 Å². The van der Waals surface area contributed by atoms with Gasteiger partial charge in [0.15, 0.2) is 11.5 Å². The van der Waals surface area contributed by atoms with E-state index in [4.69, 9.17) is 15.2 Å². The Hall–Kier alpha value is -3.72. The Kier molecular flexibility index (Phi) is 5.36. The Bertz CT molecular complexity index is 1260. The van der Waals surface area contributed by atoms with Crippen LogP contribution >= 0.6 is 0 Å². The maximum atomic E-state index is 13.2. The summed E-state index contributed by atoms with van der Waals surface area (Å²) in [6.07, 6.45) is -3.55. The fourth-order valence-corrected chi connectivity index (χ4v) is 4.13. The van der Waals surface area contributed by atoms with Gasteiger partial charge in [-0.2, -0.15) is 0 Å². The first-order chi connectivity index (χ1) is 16.3. The van der Waals surface area contributed by atoms with E-state index in [0.29, 0.717) is 35.6 Å². The van der Waals surface area contributed by atoms with E-state index < -0.39 is 11.8 Å². The molecule has 0 unspecified atom stereocenters. The van der Waals surface area contributed by atoms with E-state index in [0.717, 1.165) is 11.1 Å². The van der Waals surface area contributed by atoms with Gasteiger partial charge in [-0.25, -0.2) is 0 Å². The molecule has 0 atom stereocenters. The average molecular weight is 470 g/mol. The predicted molar refractivity (Wildman–Crippen MR) is 119 cm³/mol. The maximum absolute atomic E-state index is 13.2. The molecule has 9 heteroatoms. The number of halogens is 3. The third-order valence-electron chi connectivity index (χ3n) is 6.05. The van der Waals surface area contributed by atoms with Crippen LogP contribution in [-0.4, -0.2) is 19.1 Å². The lowest BCUT2D eigenvalue weighted by Gasteiger charge is -2.18. The van der Waals surface area contributed by atoms with E-state index in [1.165, 1.54) is 18.2 Å². The molecule has 1 heterocycles. The van der Waals surface area contributed by atoms with Crippen molar-refractivity contribution in [2.45, 2.75) is 31.2 Å². The highest BCUT2D eigenvalue weighted by atomic mass is 19.4. The minimum Gasteiger partial charge on any atom is -0.454 e. The van der Waals surface area contributed by atoms with Crippen molar-refractivity contribution in [2.24, 2.45) is 5.73 Å². The highest BCUT2D eigenvalue weighted by molar-refractivity contribution is 6.02. The quantitative estimate of drug-likeness (QED) is 0.523. The van der Waals surface area contributed by atoms with E-state index in [2.05, 4.69) is 10.1 Å². The molecule has 3 N–H and O–H groups in total. The second kappa shape index (κ2) is 8.25. The van der Waals surface area contributed by atoms with Gasteiger partial charge < -0.3 is 25.3 Å². The summed E-state index contributed by atoms with van der Waals surface area (Å²) in [5.74, 6) is 0.617. The van der Waals surface area contributed by atoms with Gasteiger partial charge in [-0.3, -0.25) is 4.79 Å². The molecule has 0 radical (unpaired) electrons. The molecule has 176 valence electrons. The van der Waals surface area contributed by atoms with Gasteiger partial charge in [0.05, 0.1) is 5.41 Å². The summed E-state index contributed by atoms with van der Waals surface area (Å²) in [4.78, 5) is 13.2. The Morgan fingerprint density at radius 2 is 1.82 bits per heavy atom. The summed E-state index contributed by atoms with van der Waals surface area (Å²) in [5, 5.41) is 2.87. The minimum absolute atomic E-state index is 0.137. The minimum atomic E-state index is -4.86. The molecule has 0 bridgehead atoms. The zero-order valence-corrected chi connectivity index (χ0v) is 17.9. The molecule has 0 spiro atoms. The summed E-state index contributed by atoms with van der Waals surface area (Å²) in [7, 11) is 0. The zero-order valence-electron chi connectivity index (χ0n) is 17.9. The first-order valence-electron chi connectivity index (χ1n) is 10.7. The van der Waals surface area contributed by atoms with Gasteiger partial charge >= 0.3 is 6.36 Å². The Balaban J connectivity index is 1.45. The molecule has 3 aromatic carbocycles. The van der Waals surface area contributed by atoms with Crippen LogP contribution in [0.4, 0.5) is 18.9 Å². The molecule has 1 fully saturated rings. The monoisotopic (exact) mass is 470 g/mol. The number of amides is 1. The maximum Gasteiger partial charge on any atom is 0.573 e. The number of rotatable bonds is 6. The van der Waals surface area contributed by atoms with Crippen molar-refractivity contribution in [1.82, 2.24) is 0 Å². The van der Waals surface area contributed by atoms with Crippen LogP contribution in [0.1, 0.15) is 24.0 Å². The van der Waals surface area contributed by atoms with Gasteiger partial charge in [-0.1, -0.05) is 24.3 Å². The van der Waals surface area contributed by atoms with Crippen LogP contribution in [0.2, 0.25) is 0 Å². The molecule has 2 aliphatic rings. The number of anilines is 1. The number of alkyl halides is 3. The lowest BCUT2D eigenvalue weighted by Crippen LogP contribution is -2.27. The molecule has 1 aliphatic heterocycles. The zero-order chi connectivity index (χ0) is 23.9. The number of carbonyl (C=O) groups is 1. The molecule has 6 nitrogen and oxygen atoms in total. The topological polar surface area (TPSA) is 82.8 Å². The fourth-order valence-electron chi connectivity index (χ4n) is 4.13. The van der Waals surface area contributed by atoms with E-state index >= 15 is 0 Å². The standard InChI is InChI=1S/C25H21F3N2O4/c26-25(27,28)34-20-7-5-18(12-19(20)16-3-1-2-15(10-16)13-29)30-23(31)24(8-9-24)17-4-6-21-22(11-17)33-14-32-21/h1-7,10-12H,8-9,13-14,29H2,(H,30,31).